The fourth-order valence-electron chi connectivity index (χ4n) is 5.71. The van der Waals surface area contributed by atoms with E-state index in [0.717, 1.165) is 45.6 Å². The maximum Gasteiger partial charge on any atom is 0.326 e. The summed E-state index contributed by atoms with van der Waals surface area (Å²) in [4.78, 5) is 31.0. The number of benzene rings is 3. The summed E-state index contributed by atoms with van der Waals surface area (Å²) in [6.45, 7) is 14.9. The molecule has 5 rings (SSSR count). The molecule has 41 heavy (non-hydrogen) atoms. The van der Waals surface area contributed by atoms with Crippen molar-refractivity contribution in [1.82, 2.24) is 15.1 Å². The Balaban J connectivity index is 0.00000189. The molecule has 0 saturated carbocycles. The zero-order valence-electron chi connectivity index (χ0n) is 24.4. The number of para-hydroxylation sites is 1. The van der Waals surface area contributed by atoms with Crippen LogP contribution < -0.4 is 10.2 Å². The number of fused-ring (bicyclic) bond motifs is 1. The second-order valence-corrected chi connectivity index (χ2v) is 10.3. The minimum Gasteiger partial charge on any atom is -0.506 e. The number of aromatic hydroxyl groups is 1. The molecule has 2 heterocycles. The third kappa shape index (κ3) is 6.14. The highest BCUT2D eigenvalue weighted by atomic mass is 16.4. The van der Waals surface area contributed by atoms with Crippen LogP contribution in [-0.4, -0.2) is 64.2 Å². The van der Waals surface area contributed by atoms with Crippen molar-refractivity contribution in [3.8, 4) is 16.9 Å². The number of hydrogen-bond acceptors (Lipinski definition) is 5. The van der Waals surface area contributed by atoms with Gasteiger partial charge in [0.05, 0.1) is 11.4 Å². The van der Waals surface area contributed by atoms with Crippen LogP contribution in [-0.2, 0) is 17.9 Å². The van der Waals surface area contributed by atoms with Gasteiger partial charge in [-0.1, -0.05) is 56.3 Å². The van der Waals surface area contributed by atoms with Crippen LogP contribution in [0.5, 0.6) is 5.75 Å². The molecule has 0 radical (unpaired) electrons. The number of carboxylic acid groups (broad SMARTS) is 1. The minimum absolute atomic E-state index is 0.0310. The molecule has 3 aromatic carbocycles. The molecular formula is C33H40N4O4. The van der Waals surface area contributed by atoms with E-state index in [1.165, 1.54) is 0 Å². The van der Waals surface area contributed by atoms with Crippen LogP contribution in [0.1, 0.15) is 36.1 Å². The molecule has 216 valence electrons. The molecule has 8 nitrogen and oxygen atoms in total. The third-order valence-electron chi connectivity index (χ3n) is 7.65. The van der Waals surface area contributed by atoms with E-state index < -0.39 is 12.0 Å². The molecule has 2 aliphatic rings. The second kappa shape index (κ2) is 13.0. The van der Waals surface area contributed by atoms with Crippen molar-refractivity contribution < 1.29 is 19.8 Å². The smallest absolute Gasteiger partial charge is 0.326 e. The summed E-state index contributed by atoms with van der Waals surface area (Å²) in [7, 11) is 0. The maximum atomic E-state index is 13.3. The number of piperazine rings is 1. The Bertz CT molecular complexity index is 1420. The van der Waals surface area contributed by atoms with Crippen molar-refractivity contribution in [2.24, 2.45) is 0 Å². The number of hydrogen-bond donors (Lipinski definition) is 3. The van der Waals surface area contributed by atoms with Gasteiger partial charge in [0.25, 0.3) is 0 Å². The summed E-state index contributed by atoms with van der Waals surface area (Å²) in [5.74, 6) is -0.811. The lowest BCUT2D eigenvalue weighted by Crippen LogP contribution is -2.56. The average Bonchev–Trinajstić information content (AvgIpc) is 2.96. The Morgan fingerprint density at radius 3 is 2.46 bits per heavy atom. The monoisotopic (exact) mass is 556 g/mol. The normalized spacial score (nSPS) is 17.2. The number of rotatable bonds is 7. The van der Waals surface area contributed by atoms with Crippen molar-refractivity contribution in [2.45, 2.75) is 46.8 Å². The van der Waals surface area contributed by atoms with Gasteiger partial charge in [0.1, 0.15) is 11.8 Å². The van der Waals surface area contributed by atoms with Crippen LogP contribution in [0.4, 0.5) is 16.2 Å². The van der Waals surface area contributed by atoms with Crippen LogP contribution in [0.25, 0.3) is 11.1 Å². The van der Waals surface area contributed by atoms with Crippen molar-refractivity contribution in [2.75, 3.05) is 31.1 Å². The molecular weight excluding hydrogens is 516 g/mol. The van der Waals surface area contributed by atoms with Gasteiger partial charge in [-0.2, -0.15) is 0 Å². The Labute approximate surface area is 242 Å². The van der Waals surface area contributed by atoms with Crippen molar-refractivity contribution in [3.05, 3.63) is 89.5 Å². The third-order valence-corrected chi connectivity index (χ3v) is 7.65. The Morgan fingerprint density at radius 2 is 1.78 bits per heavy atom. The number of aryl methyl sites for hydroxylation is 2. The van der Waals surface area contributed by atoms with Gasteiger partial charge >= 0.3 is 12.0 Å². The Kier molecular flexibility index (Phi) is 9.47. The summed E-state index contributed by atoms with van der Waals surface area (Å²) in [6.07, 6.45) is 1.74. The first kappa shape index (κ1) is 29.8. The molecule has 3 aromatic rings. The standard InChI is InChI=1S/C31H34N4O4.C2H6/c1-4-12-34-14-13-33(19-27(34)30(37)38)18-22-15-24(23-10-6-5-8-20(23)2)25-17-32-31(39)35(26(25)16-22)29-21(3)9-7-11-28(29)36;1-2/h4-11,15-16,27,36H,1,12-14,17-19H2,2-3H3,(H,32,39)(H,37,38);1-2H3. The van der Waals surface area contributed by atoms with E-state index in [1.54, 1.807) is 23.1 Å². The number of nitrogens with one attached hydrogen (secondary N) is 1. The van der Waals surface area contributed by atoms with E-state index in [1.807, 2.05) is 49.9 Å². The van der Waals surface area contributed by atoms with Crippen molar-refractivity contribution in [3.63, 3.8) is 0 Å². The van der Waals surface area contributed by atoms with Crippen LogP contribution >= 0.6 is 0 Å². The van der Waals surface area contributed by atoms with Gasteiger partial charge in [0.15, 0.2) is 0 Å². The minimum atomic E-state index is -0.842. The number of carbonyl (C=O) groups excluding carboxylic acids is 1. The molecule has 2 aliphatic heterocycles. The van der Waals surface area contributed by atoms with E-state index >= 15 is 0 Å². The topological polar surface area (TPSA) is 96.4 Å². The molecule has 0 bridgehead atoms. The number of amides is 2. The quantitative estimate of drug-likeness (QED) is 0.318. The highest BCUT2D eigenvalue weighted by Crippen LogP contribution is 2.43. The van der Waals surface area contributed by atoms with Gasteiger partial charge in [0, 0.05) is 44.8 Å². The number of carbonyl (C=O) groups is 2. The lowest BCUT2D eigenvalue weighted by molar-refractivity contribution is -0.145. The van der Waals surface area contributed by atoms with E-state index in [0.29, 0.717) is 38.4 Å². The molecule has 1 fully saturated rings. The summed E-state index contributed by atoms with van der Waals surface area (Å²) in [5, 5.41) is 23.7. The van der Waals surface area contributed by atoms with E-state index in [9.17, 15) is 19.8 Å². The summed E-state index contributed by atoms with van der Waals surface area (Å²) < 4.78 is 0. The van der Waals surface area contributed by atoms with Gasteiger partial charge in [-0.3, -0.25) is 19.5 Å². The number of aliphatic carboxylic acids is 1. The van der Waals surface area contributed by atoms with Crippen molar-refractivity contribution in [1.29, 1.82) is 0 Å². The molecule has 0 aliphatic carbocycles. The van der Waals surface area contributed by atoms with Gasteiger partial charge < -0.3 is 15.5 Å². The fraction of sp³-hybridized carbons (Fsp3) is 0.333. The van der Waals surface area contributed by atoms with Gasteiger partial charge in [-0.25, -0.2) is 4.79 Å². The lowest BCUT2D eigenvalue weighted by Gasteiger charge is -2.39. The van der Waals surface area contributed by atoms with Crippen LogP contribution in [0.15, 0.2) is 67.3 Å². The molecule has 3 N–H and O–H groups in total. The zero-order valence-corrected chi connectivity index (χ0v) is 24.4. The van der Waals surface area contributed by atoms with Gasteiger partial charge in [0.2, 0.25) is 0 Å². The predicted molar refractivity (Wildman–Crippen MR) is 164 cm³/mol. The molecule has 1 saturated heterocycles. The highest BCUT2D eigenvalue weighted by molar-refractivity contribution is 6.05. The van der Waals surface area contributed by atoms with Crippen LogP contribution in [0.3, 0.4) is 0 Å². The first-order chi connectivity index (χ1) is 19.8. The zero-order chi connectivity index (χ0) is 29.7. The van der Waals surface area contributed by atoms with Gasteiger partial charge in [-0.15, -0.1) is 6.58 Å². The number of urea groups is 1. The first-order valence-electron chi connectivity index (χ1n) is 14.2. The van der Waals surface area contributed by atoms with Crippen LogP contribution in [0.2, 0.25) is 0 Å². The number of phenols is 1. The molecule has 8 heteroatoms. The van der Waals surface area contributed by atoms with Crippen LogP contribution in [0, 0.1) is 13.8 Å². The average molecular weight is 557 g/mol. The molecule has 0 spiro atoms. The highest BCUT2D eigenvalue weighted by Gasteiger charge is 2.33. The van der Waals surface area contributed by atoms with Crippen molar-refractivity contribution >= 4 is 23.4 Å². The largest absolute Gasteiger partial charge is 0.506 e. The molecule has 1 atom stereocenters. The second-order valence-electron chi connectivity index (χ2n) is 10.3. The first-order valence-corrected chi connectivity index (χ1v) is 14.2. The molecule has 0 aromatic heterocycles. The molecule has 2 amide bonds. The van der Waals surface area contributed by atoms with E-state index in [-0.39, 0.29) is 11.8 Å². The summed E-state index contributed by atoms with van der Waals surface area (Å²) >= 11 is 0. The number of phenolic OH excluding ortho intramolecular Hbond substituents is 1. The summed E-state index contributed by atoms with van der Waals surface area (Å²) in [6, 6.07) is 16.6. The molecule has 1 unspecified atom stereocenters. The Hall–Kier alpha value is -4.14. The van der Waals surface area contributed by atoms with E-state index in [2.05, 4.69) is 41.9 Å². The maximum absolute atomic E-state index is 13.3. The predicted octanol–water partition coefficient (Wildman–Crippen LogP) is 5.82. The fourth-order valence-corrected chi connectivity index (χ4v) is 5.71. The Morgan fingerprint density at radius 1 is 1.05 bits per heavy atom. The number of carboxylic acids is 1. The number of nitrogens with zero attached hydrogens (tertiary/aromatic N) is 3. The lowest BCUT2D eigenvalue weighted by atomic mass is 9.91. The van der Waals surface area contributed by atoms with E-state index in [4.69, 9.17) is 0 Å². The number of anilines is 2. The van der Waals surface area contributed by atoms with Gasteiger partial charge in [-0.05, 0) is 59.9 Å². The SMILES string of the molecule is C=CCN1CCN(Cc2cc(-c3ccccc3C)c3c(c2)N(c2c(C)cccc2O)C(=O)NC3)CC1C(=O)O.CC. The summed E-state index contributed by atoms with van der Waals surface area (Å²) in [5.41, 5.74) is 7.09.